The second-order valence-electron chi connectivity index (χ2n) is 5.89. The van der Waals surface area contributed by atoms with E-state index in [-0.39, 0.29) is 29.3 Å². The highest BCUT2D eigenvalue weighted by Crippen LogP contribution is 2.43. The molecule has 1 heterocycles. The smallest absolute Gasteiger partial charge is 0.340 e. The number of carboxylic acid groups (broad SMARTS) is 1. The van der Waals surface area contributed by atoms with Crippen LogP contribution in [0.2, 0.25) is 0 Å². The van der Waals surface area contributed by atoms with E-state index in [9.17, 15) is 23.1 Å². The number of aliphatic carboxylic acids is 1. The fraction of sp³-hybridized carbons (Fsp3) is 0.211. The van der Waals surface area contributed by atoms with E-state index in [1.165, 1.54) is 37.3 Å². The van der Waals surface area contributed by atoms with Crippen LogP contribution in [0.15, 0.2) is 47.9 Å². The number of halogens is 3. The quantitative estimate of drug-likeness (QED) is 0.857. The Kier molecular flexibility index (Phi) is 5.09. The van der Waals surface area contributed by atoms with Gasteiger partial charge in [-0.2, -0.15) is 0 Å². The number of ether oxygens (including phenoxy) is 2. The molecule has 0 aromatic heterocycles. The minimum absolute atomic E-state index is 0.0216. The number of fused-ring (bicyclic) bond motifs is 1. The van der Waals surface area contributed by atoms with E-state index in [1.807, 2.05) is 0 Å². The lowest BCUT2D eigenvalue weighted by molar-refractivity contribution is -0.134. The van der Waals surface area contributed by atoms with Gasteiger partial charge in [-0.3, -0.25) is 0 Å². The van der Waals surface area contributed by atoms with E-state index in [2.05, 4.69) is 0 Å². The summed E-state index contributed by atoms with van der Waals surface area (Å²) in [6, 6.07) is 7.47. The lowest BCUT2D eigenvalue weighted by Crippen LogP contribution is -2.34. The van der Waals surface area contributed by atoms with Crippen LogP contribution in [-0.4, -0.2) is 25.3 Å². The summed E-state index contributed by atoms with van der Waals surface area (Å²) < 4.78 is 51.8. The molecule has 1 aliphatic heterocycles. The highest BCUT2D eigenvalue weighted by molar-refractivity contribution is 5.91. The maximum atomic E-state index is 13.9. The van der Waals surface area contributed by atoms with Crippen molar-refractivity contribution in [2.24, 2.45) is 0 Å². The molecule has 1 aliphatic rings. The summed E-state index contributed by atoms with van der Waals surface area (Å²) >= 11 is 0. The van der Waals surface area contributed by atoms with Crippen molar-refractivity contribution < 1.29 is 32.5 Å². The molecule has 3 rings (SSSR count). The van der Waals surface area contributed by atoms with Crippen molar-refractivity contribution in [2.45, 2.75) is 12.6 Å². The first-order valence-corrected chi connectivity index (χ1v) is 7.92. The molecular formula is C19H16F3NO4. The summed E-state index contributed by atoms with van der Waals surface area (Å²) in [5, 5.41) is 9.65. The fourth-order valence-corrected chi connectivity index (χ4v) is 3.16. The normalized spacial score (nSPS) is 16.3. The van der Waals surface area contributed by atoms with Gasteiger partial charge in [0.15, 0.2) is 11.6 Å². The van der Waals surface area contributed by atoms with Gasteiger partial charge in [0.05, 0.1) is 19.3 Å². The molecule has 8 heteroatoms. The van der Waals surface area contributed by atoms with Crippen LogP contribution in [0.1, 0.15) is 17.2 Å². The first kappa shape index (κ1) is 18.8. The first-order valence-electron chi connectivity index (χ1n) is 7.92. The standard InChI is InChI=1S/C19H16F3NO4/c1-26-17-12-7-13(21)14(22)8-15(12)23(18(27-2)16(17)19(24)25)9-10-4-3-5-11(20)6-10/h3-8,17H,9H2,1-2H3,(H,24,25). The molecule has 0 radical (unpaired) electrons. The van der Waals surface area contributed by atoms with Gasteiger partial charge >= 0.3 is 5.97 Å². The summed E-state index contributed by atoms with van der Waals surface area (Å²) in [6.45, 7) is -0.0216. The summed E-state index contributed by atoms with van der Waals surface area (Å²) in [5.74, 6) is -4.16. The summed E-state index contributed by atoms with van der Waals surface area (Å²) in [4.78, 5) is 13.2. The van der Waals surface area contributed by atoms with Gasteiger partial charge in [0, 0.05) is 18.7 Å². The Bertz CT molecular complexity index is 929. The van der Waals surface area contributed by atoms with E-state index < -0.39 is 29.5 Å². The Morgan fingerprint density at radius 1 is 1.15 bits per heavy atom. The molecular weight excluding hydrogens is 363 g/mol. The number of anilines is 1. The minimum Gasteiger partial charge on any atom is -0.482 e. The number of hydrogen-bond donors (Lipinski definition) is 1. The zero-order valence-corrected chi connectivity index (χ0v) is 14.5. The molecule has 1 N–H and O–H groups in total. The molecule has 2 aromatic rings. The van der Waals surface area contributed by atoms with Crippen molar-refractivity contribution in [1.29, 1.82) is 0 Å². The molecule has 1 atom stereocenters. The third-order valence-corrected chi connectivity index (χ3v) is 4.27. The Labute approximate surface area is 153 Å². The average Bonchev–Trinajstić information content (AvgIpc) is 2.62. The number of methoxy groups -OCH3 is 2. The molecule has 27 heavy (non-hydrogen) atoms. The van der Waals surface area contributed by atoms with Crippen LogP contribution in [0.3, 0.4) is 0 Å². The topological polar surface area (TPSA) is 59.0 Å². The summed E-state index contributed by atoms with van der Waals surface area (Å²) in [5.41, 5.74) is 0.522. The summed E-state index contributed by atoms with van der Waals surface area (Å²) in [6.07, 6.45) is -1.16. The van der Waals surface area contributed by atoms with Gasteiger partial charge in [-0.15, -0.1) is 0 Å². The number of rotatable bonds is 5. The van der Waals surface area contributed by atoms with E-state index in [0.29, 0.717) is 5.56 Å². The van der Waals surface area contributed by atoms with Crippen molar-refractivity contribution in [3.63, 3.8) is 0 Å². The molecule has 2 aromatic carbocycles. The predicted octanol–water partition coefficient (Wildman–Crippen LogP) is 3.75. The van der Waals surface area contributed by atoms with Gasteiger partial charge in [-0.1, -0.05) is 12.1 Å². The van der Waals surface area contributed by atoms with Crippen molar-refractivity contribution in [3.8, 4) is 0 Å². The second-order valence-corrected chi connectivity index (χ2v) is 5.89. The molecule has 0 bridgehead atoms. The monoisotopic (exact) mass is 379 g/mol. The maximum Gasteiger partial charge on any atom is 0.340 e. The zero-order chi connectivity index (χ0) is 19.7. The van der Waals surface area contributed by atoms with Crippen LogP contribution in [0.5, 0.6) is 0 Å². The largest absolute Gasteiger partial charge is 0.482 e. The lowest BCUT2D eigenvalue weighted by atomic mass is 9.94. The van der Waals surface area contributed by atoms with Crippen LogP contribution >= 0.6 is 0 Å². The number of benzene rings is 2. The Morgan fingerprint density at radius 2 is 1.85 bits per heavy atom. The van der Waals surface area contributed by atoms with E-state index in [0.717, 1.165) is 12.1 Å². The molecule has 0 fully saturated rings. The molecule has 0 amide bonds. The number of carbonyl (C=O) groups is 1. The predicted molar refractivity (Wildman–Crippen MR) is 90.4 cm³/mol. The number of nitrogens with zero attached hydrogens (tertiary/aromatic N) is 1. The minimum atomic E-state index is -1.33. The molecule has 0 saturated carbocycles. The van der Waals surface area contributed by atoms with Gasteiger partial charge in [0.2, 0.25) is 5.88 Å². The highest BCUT2D eigenvalue weighted by atomic mass is 19.2. The second kappa shape index (κ2) is 7.32. The van der Waals surface area contributed by atoms with Gasteiger partial charge < -0.3 is 19.5 Å². The van der Waals surface area contributed by atoms with Gasteiger partial charge in [-0.25, -0.2) is 18.0 Å². The Hall–Kier alpha value is -3.00. The third kappa shape index (κ3) is 3.35. The SMILES string of the molecule is COC1=C(C(=O)O)C(OC)c2cc(F)c(F)cc2N1Cc1cccc(F)c1. The van der Waals surface area contributed by atoms with Crippen molar-refractivity contribution in [3.05, 3.63) is 76.4 Å². The fourth-order valence-electron chi connectivity index (χ4n) is 3.16. The van der Waals surface area contributed by atoms with Crippen molar-refractivity contribution in [2.75, 3.05) is 19.1 Å². The van der Waals surface area contributed by atoms with Gasteiger partial charge in [0.25, 0.3) is 0 Å². The van der Waals surface area contributed by atoms with Crippen LogP contribution in [0.25, 0.3) is 0 Å². The first-order chi connectivity index (χ1) is 12.9. The Balaban J connectivity index is 2.23. The third-order valence-electron chi connectivity index (χ3n) is 4.27. The molecule has 5 nitrogen and oxygen atoms in total. The van der Waals surface area contributed by atoms with Crippen molar-refractivity contribution >= 4 is 11.7 Å². The number of hydrogen-bond acceptors (Lipinski definition) is 4. The lowest BCUT2D eigenvalue weighted by Gasteiger charge is -2.36. The Morgan fingerprint density at radius 3 is 2.44 bits per heavy atom. The van der Waals surface area contributed by atoms with Gasteiger partial charge in [0.1, 0.15) is 17.5 Å². The van der Waals surface area contributed by atoms with E-state index >= 15 is 0 Å². The molecule has 142 valence electrons. The maximum absolute atomic E-state index is 13.9. The van der Waals surface area contributed by atoms with Crippen LogP contribution in [0.4, 0.5) is 18.9 Å². The van der Waals surface area contributed by atoms with Gasteiger partial charge in [-0.05, 0) is 23.8 Å². The van der Waals surface area contributed by atoms with Crippen molar-refractivity contribution in [1.82, 2.24) is 0 Å². The highest BCUT2D eigenvalue weighted by Gasteiger charge is 2.38. The summed E-state index contributed by atoms with van der Waals surface area (Å²) in [7, 11) is 2.52. The molecule has 0 aliphatic carbocycles. The molecule has 0 spiro atoms. The van der Waals surface area contributed by atoms with Crippen LogP contribution < -0.4 is 4.90 Å². The van der Waals surface area contributed by atoms with Crippen LogP contribution in [0, 0.1) is 17.5 Å². The van der Waals surface area contributed by atoms with E-state index in [4.69, 9.17) is 9.47 Å². The molecule has 1 unspecified atom stereocenters. The number of carboxylic acids is 1. The molecule has 0 saturated heterocycles. The van der Waals surface area contributed by atoms with Crippen LogP contribution in [-0.2, 0) is 20.8 Å². The average molecular weight is 379 g/mol. The zero-order valence-electron chi connectivity index (χ0n) is 14.5. The van der Waals surface area contributed by atoms with E-state index in [1.54, 1.807) is 6.07 Å².